The average molecular weight is 66.7 g/mol. The molecule has 5 heavy (non-hydrogen) atoms. The largest absolute Gasteiger partial charge is 0.395 e. The van der Waals surface area contributed by atoms with Crippen molar-refractivity contribution in [1.82, 2.24) is 0 Å². The molecule has 3 N–H and O–H groups in total. The summed E-state index contributed by atoms with van der Waals surface area (Å²) in [7, 11) is 8.93. The molecule has 0 aliphatic heterocycles. The molecule has 24 valence electrons. The highest BCUT2D eigenvalue weighted by Gasteiger charge is 1.97. The van der Waals surface area contributed by atoms with Crippen LogP contribution in [0.15, 0.2) is 0 Å². The first-order chi connectivity index (χ1) is 2.00. The fourth-order valence-corrected chi connectivity index (χ4v) is 0. The van der Waals surface area contributed by atoms with E-state index in [0.717, 1.165) is 0 Å². The molecule has 0 atom stereocenters. The van der Waals surface area contributed by atoms with Gasteiger partial charge in [-0.1, -0.05) is 0 Å². The molecule has 0 saturated carbocycles. The maximum absolute atomic E-state index is 7.85. The van der Waals surface area contributed by atoms with Crippen molar-refractivity contribution in [3.63, 3.8) is 0 Å². The zero-order chi connectivity index (χ0) is 4.50. The molecule has 0 aliphatic carbocycles. The van der Waals surface area contributed by atoms with Gasteiger partial charge in [0.25, 0.3) is 0 Å². The van der Waals surface area contributed by atoms with Crippen molar-refractivity contribution in [1.29, 1.82) is 0 Å². The molecule has 0 fully saturated rings. The number of nitrogens with two attached hydrogens (primary N) is 1. The first-order valence-electron chi connectivity index (χ1n) is 1.09. The molecule has 0 amide bonds. The van der Waals surface area contributed by atoms with E-state index in [4.69, 9.17) is 5.11 Å². The molecular weight excluding hydrogens is 63.6 g/mol. The minimum absolute atomic E-state index is 2.00. The fraction of sp³-hybridized carbons (Fsp3) is 1.00. The average Bonchev–Trinajstić information content (AvgIpc) is 0.722. The Labute approximate surface area is 33.2 Å². The molecule has 0 heterocycles. The molecule has 0 bridgehead atoms. The SMILES string of the molecule is [B]C([B])(N)O. The van der Waals surface area contributed by atoms with Crippen LogP contribution in [0, 0.1) is 0 Å². The van der Waals surface area contributed by atoms with Gasteiger partial charge in [-0.05, 0) is 0 Å². The Hall–Kier alpha value is 0.0499. The summed E-state index contributed by atoms with van der Waals surface area (Å²) in [6, 6.07) is 0. The quantitative estimate of drug-likeness (QED) is 0.251. The zero-order valence-electron chi connectivity index (χ0n) is 2.68. The van der Waals surface area contributed by atoms with Crippen LogP contribution in [0.25, 0.3) is 0 Å². The van der Waals surface area contributed by atoms with E-state index in [2.05, 4.69) is 21.4 Å². The van der Waals surface area contributed by atoms with Gasteiger partial charge in [0.2, 0.25) is 0 Å². The second-order valence-electron chi connectivity index (χ2n) is 0.887. The highest BCUT2D eigenvalue weighted by atomic mass is 16.3. The predicted octanol–water partition coefficient (Wildman–Crippen LogP) is -2.11. The molecule has 0 aromatic rings. The Kier molecular flexibility index (Phi) is 1.04. The summed E-state index contributed by atoms with van der Waals surface area (Å²) in [5, 5.41) is 7.85. The van der Waals surface area contributed by atoms with E-state index in [9.17, 15) is 0 Å². The Morgan fingerprint density at radius 2 is 1.60 bits per heavy atom. The van der Waals surface area contributed by atoms with E-state index in [1.54, 1.807) is 0 Å². The lowest BCUT2D eigenvalue weighted by atomic mass is 9.75. The standard InChI is InChI=1S/CH3B2NO/c2-1(3,4)5/h5H,4H2. The second-order valence-corrected chi connectivity index (χ2v) is 0.887. The third-order valence-corrected chi connectivity index (χ3v) is 0. The van der Waals surface area contributed by atoms with Crippen LogP contribution in [0.3, 0.4) is 0 Å². The third-order valence-electron chi connectivity index (χ3n) is 0. The van der Waals surface area contributed by atoms with Crippen molar-refractivity contribution in [2.75, 3.05) is 0 Å². The van der Waals surface area contributed by atoms with E-state index in [1.165, 1.54) is 0 Å². The first kappa shape index (κ1) is 5.05. The normalized spacial score (nSPS) is 11.6. The Morgan fingerprint density at radius 3 is 1.60 bits per heavy atom. The van der Waals surface area contributed by atoms with Crippen molar-refractivity contribution in [3.8, 4) is 0 Å². The van der Waals surface area contributed by atoms with E-state index < -0.39 is 5.52 Å². The Balaban J connectivity index is 3.02. The van der Waals surface area contributed by atoms with Crippen LogP contribution in [-0.2, 0) is 0 Å². The topological polar surface area (TPSA) is 46.2 Å². The number of aliphatic hydroxyl groups is 1. The van der Waals surface area contributed by atoms with Crippen LogP contribution in [0.4, 0.5) is 0 Å². The lowest BCUT2D eigenvalue weighted by molar-refractivity contribution is 0.222. The highest BCUT2D eigenvalue weighted by Crippen LogP contribution is 1.66. The summed E-state index contributed by atoms with van der Waals surface area (Å²) in [6.45, 7) is 0. The van der Waals surface area contributed by atoms with Crippen LogP contribution in [0.5, 0.6) is 0 Å². The fourth-order valence-electron chi connectivity index (χ4n) is 0. The third kappa shape index (κ3) is 6840. The maximum atomic E-state index is 7.85. The molecule has 2 nitrogen and oxygen atoms in total. The molecule has 0 aromatic carbocycles. The first-order valence-corrected chi connectivity index (χ1v) is 1.09. The zero-order valence-corrected chi connectivity index (χ0v) is 2.68. The molecular formula is CH3B2NO. The summed E-state index contributed by atoms with van der Waals surface area (Å²) in [6.07, 6.45) is 0. The lowest BCUT2D eigenvalue weighted by Gasteiger charge is -2.06. The minimum atomic E-state index is -2.00. The summed E-state index contributed by atoms with van der Waals surface area (Å²) in [5.74, 6) is 0. The number of rotatable bonds is 0. The monoisotopic (exact) mass is 67.0 g/mol. The lowest BCUT2D eigenvalue weighted by Crippen LogP contribution is -2.40. The minimum Gasteiger partial charge on any atom is -0.395 e. The van der Waals surface area contributed by atoms with Gasteiger partial charge in [0, 0.05) is 5.52 Å². The van der Waals surface area contributed by atoms with Gasteiger partial charge in [0.1, 0.15) is 15.7 Å². The van der Waals surface area contributed by atoms with Crippen molar-refractivity contribution < 1.29 is 5.11 Å². The number of hydrogen-bond donors (Lipinski definition) is 2. The summed E-state index contributed by atoms with van der Waals surface area (Å²) >= 11 is 0. The summed E-state index contributed by atoms with van der Waals surface area (Å²) in [5.41, 5.74) is 2.47. The van der Waals surface area contributed by atoms with Crippen molar-refractivity contribution in [2.24, 2.45) is 5.73 Å². The van der Waals surface area contributed by atoms with Gasteiger partial charge in [0.05, 0.1) is 0 Å². The van der Waals surface area contributed by atoms with Gasteiger partial charge in [-0.25, -0.2) is 0 Å². The van der Waals surface area contributed by atoms with Crippen LogP contribution in [0.1, 0.15) is 0 Å². The molecule has 0 aliphatic rings. The van der Waals surface area contributed by atoms with Gasteiger partial charge in [-0.15, -0.1) is 0 Å². The second kappa shape index (κ2) is 1.03. The molecule has 4 radical (unpaired) electrons. The van der Waals surface area contributed by atoms with Gasteiger partial charge in [0.15, 0.2) is 0 Å². The van der Waals surface area contributed by atoms with E-state index >= 15 is 0 Å². The van der Waals surface area contributed by atoms with Crippen molar-refractivity contribution in [2.45, 2.75) is 5.52 Å². The molecule has 0 unspecified atom stereocenters. The Morgan fingerprint density at radius 1 is 1.60 bits per heavy atom. The van der Waals surface area contributed by atoms with Crippen LogP contribution in [0.2, 0.25) is 0 Å². The predicted molar refractivity (Wildman–Crippen MR) is 20.6 cm³/mol. The summed E-state index contributed by atoms with van der Waals surface area (Å²) < 4.78 is 0. The van der Waals surface area contributed by atoms with Gasteiger partial charge in [-0.3, -0.25) is 0 Å². The van der Waals surface area contributed by atoms with E-state index in [1.807, 2.05) is 0 Å². The summed E-state index contributed by atoms with van der Waals surface area (Å²) in [4.78, 5) is 0. The smallest absolute Gasteiger partial charge is 0.120 e. The van der Waals surface area contributed by atoms with Crippen LogP contribution in [-0.4, -0.2) is 26.3 Å². The molecule has 0 saturated heterocycles. The molecule has 0 rings (SSSR count). The van der Waals surface area contributed by atoms with Gasteiger partial charge in [-0.2, -0.15) is 0 Å². The Bertz CT molecular complexity index is 25.1. The van der Waals surface area contributed by atoms with E-state index in [-0.39, 0.29) is 0 Å². The van der Waals surface area contributed by atoms with Crippen LogP contribution < -0.4 is 5.73 Å². The van der Waals surface area contributed by atoms with Crippen molar-refractivity contribution >= 4 is 15.7 Å². The number of hydrogen-bond acceptors (Lipinski definition) is 2. The van der Waals surface area contributed by atoms with Gasteiger partial charge < -0.3 is 10.8 Å². The highest BCUT2D eigenvalue weighted by molar-refractivity contribution is 6.38. The maximum Gasteiger partial charge on any atom is 0.120 e. The molecule has 4 heteroatoms. The van der Waals surface area contributed by atoms with E-state index in [0.29, 0.717) is 0 Å². The molecule has 0 aromatic heterocycles. The van der Waals surface area contributed by atoms with Crippen molar-refractivity contribution in [3.05, 3.63) is 0 Å². The molecule has 0 spiro atoms. The van der Waals surface area contributed by atoms with Crippen LogP contribution >= 0.6 is 0 Å². The van der Waals surface area contributed by atoms with Gasteiger partial charge >= 0.3 is 0 Å².